The van der Waals surface area contributed by atoms with Crippen LogP contribution >= 0.6 is 0 Å². The van der Waals surface area contributed by atoms with Crippen LogP contribution in [0.5, 0.6) is 17.2 Å². The summed E-state index contributed by atoms with van der Waals surface area (Å²) in [4.78, 5) is 15.1. The molecular weight excluding hydrogens is 416 g/mol. The fourth-order valence-electron chi connectivity index (χ4n) is 3.52. The van der Waals surface area contributed by atoms with E-state index in [1.165, 1.54) is 5.56 Å². The van der Waals surface area contributed by atoms with E-state index in [4.69, 9.17) is 14.2 Å². The first-order chi connectivity index (χ1) is 16.0. The molecule has 3 aromatic rings. The van der Waals surface area contributed by atoms with E-state index in [2.05, 4.69) is 22.3 Å². The summed E-state index contributed by atoms with van der Waals surface area (Å²) in [7, 11) is 7.14. The third-order valence-electron chi connectivity index (χ3n) is 5.49. The van der Waals surface area contributed by atoms with Crippen molar-refractivity contribution in [2.45, 2.75) is 19.1 Å². The predicted molar refractivity (Wildman–Crippen MR) is 130 cm³/mol. The second-order valence-electron chi connectivity index (χ2n) is 8.00. The number of hydrogen-bond acceptors (Lipinski definition) is 5. The number of methoxy groups -OCH3 is 2. The van der Waals surface area contributed by atoms with Crippen molar-refractivity contribution in [3.8, 4) is 17.2 Å². The first-order valence-electron chi connectivity index (χ1n) is 10.9. The van der Waals surface area contributed by atoms with Crippen molar-refractivity contribution in [1.82, 2.24) is 10.2 Å². The maximum absolute atomic E-state index is 13.0. The Morgan fingerprint density at radius 3 is 1.94 bits per heavy atom. The van der Waals surface area contributed by atoms with Gasteiger partial charge in [-0.05, 0) is 43.8 Å². The molecule has 0 fully saturated rings. The molecule has 0 spiro atoms. The maximum atomic E-state index is 13.0. The van der Waals surface area contributed by atoms with Crippen molar-refractivity contribution in [3.05, 3.63) is 89.5 Å². The molecule has 0 aliphatic heterocycles. The highest BCUT2D eigenvalue weighted by molar-refractivity contribution is 5.95. The van der Waals surface area contributed by atoms with Gasteiger partial charge in [-0.3, -0.25) is 4.79 Å². The Labute approximate surface area is 196 Å². The summed E-state index contributed by atoms with van der Waals surface area (Å²) < 4.78 is 17.0. The van der Waals surface area contributed by atoms with Crippen LogP contribution in [-0.4, -0.2) is 51.7 Å². The van der Waals surface area contributed by atoms with Gasteiger partial charge < -0.3 is 24.4 Å². The van der Waals surface area contributed by atoms with Crippen LogP contribution in [-0.2, 0) is 13.0 Å². The van der Waals surface area contributed by atoms with Crippen LogP contribution in [0.1, 0.15) is 21.5 Å². The average molecular weight is 449 g/mol. The topological polar surface area (TPSA) is 60.0 Å². The molecule has 6 heteroatoms. The van der Waals surface area contributed by atoms with Crippen LogP contribution in [0.3, 0.4) is 0 Å². The third kappa shape index (κ3) is 6.73. The minimum Gasteiger partial charge on any atom is -0.493 e. The number of likely N-dealkylation sites (N-methyl/N-ethyl adjacent to an activating group) is 1. The van der Waals surface area contributed by atoms with Gasteiger partial charge in [0.15, 0.2) is 11.5 Å². The number of rotatable bonds is 11. The van der Waals surface area contributed by atoms with Crippen LogP contribution in [0, 0.1) is 0 Å². The van der Waals surface area contributed by atoms with Gasteiger partial charge >= 0.3 is 0 Å². The lowest BCUT2D eigenvalue weighted by atomic mass is 10.0. The molecule has 0 radical (unpaired) electrons. The fraction of sp³-hybridized carbons (Fsp3) is 0.296. The molecule has 1 unspecified atom stereocenters. The molecule has 0 aromatic heterocycles. The normalized spacial score (nSPS) is 11.7. The molecule has 0 aliphatic carbocycles. The Hall–Kier alpha value is -3.51. The lowest BCUT2D eigenvalue weighted by molar-refractivity contribution is 0.0940. The lowest BCUT2D eigenvalue weighted by Crippen LogP contribution is -2.41. The number of amides is 1. The number of benzene rings is 3. The Morgan fingerprint density at radius 2 is 1.42 bits per heavy atom. The van der Waals surface area contributed by atoms with Gasteiger partial charge in [0.2, 0.25) is 5.75 Å². The maximum Gasteiger partial charge on any atom is 0.251 e. The zero-order valence-electron chi connectivity index (χ0n) is 19.7. The molecule has 0 bridgehead atoms. The minimum absolute atomic E-state index is 0.161. The second kappa shape index (κ2) is 11.9. The Morgan fingerprint density at radius 1 is 0.879 bits per heavy atom. The summed E-state index contributed by atoms with van der Waals surface area (Å²) >= 11 is 0. The number of carbonyl (C=O) groups is 1. The molecule has 3 rings (SSSR count). The molecule has 0 saturated heterocycles. The number of nitrogens with zero attached hydrogens (tertiary/aromatic N) is 1. The van der Waals surface area contributed by atoms with Gasteiger partial charge in [-0.2, -0.15) is 0 Å². The van der Waals surface area contributed by atoms with Gasteiger partial charge in [-0.25, -0.2) is 0 Å². The fourth-order valence-corrected chi connectivity index (χ4v) is 3.52. The van der Waals surface area contributed by atoms with Crippen LogP contribution in [0.15, 0.2) is 72.8 Å². The zero-order chi connectivity index (χ0) is 23.6. The van der Waals surface area contributed by atoms with Gasteiger partial charge in [-0.1, -0.05) is 60.7 Å². The van der Waals surface area contributed by atoms with E-state index >= 15 is 0 Å². The third-order valence-corrected chi connectivity index (χ3v) is 5.49. The average Bonchev–Trinajstić information content (AvgIpc) is 2.85. The molecule has 0 saturated carbocycles. The number of hydrogen-bond donors (Lipinski definition) is 1. The van der Waals surface area contributed by atoms with Gasteiger partial charge in [-0.15, -0.1) is 0 Å². The molecule has 0 aliphatic rings. The van der Waals surface area contributed by atoms with Crippen molar-refractivity contribution < 1.29 is 19.0 Å². The van der Waals surface area contributed by atoms with E-state index in [1.54, 1.807) is 26.4 Å². The quantitative estimate of drug-likeness (QED) is 0.477. The van der Waals surface area contributed by atoms with E-state index in [0.717, 1.165) is 12.0 Å². The van der Waals surface area contributed by atoms with Gasteiger partial charge in [0.05, 0.1) is 14.2 Å². The number of ether oxygens (including phenoxy) is 3. The highest BCUT2D eigenvalue weighted by Gasteiger charge is 2.19. The lowest BCUT2D eigenvalue weighted by Gasteiger charge is -2.25. The summed E-state index contributed by atoms with van der Waals surface area (Å²) in [5.41, 5.74) is 2.71. The molecule has 1 N–H and O–H groups in total. The molecule has 3 aromatic carbocycles. The van der Waals surface area contributed by atoms with E-state index in [9.17, 15) is 4.79 Å². The largest absolute Gasteiger partial charge is 0.493 e. The van der Waals surface area contributed by atoms with Crippen LogP contribution in [0.4, 0.5) is 0 Å². The van der Waals surface area contributed by atoms with Gasteiger partial charge in [0.25, 0.3) is 5.91 Å². The monoisotopic (exact) mass is 448 g/mol. The highest BCUT2D eigenvalue weighted by atomic mass is 16.5. The molecule has 1 atom stereocenters. The van der Waals surface area contributed by atoms with E-state index in [0.29, 0.717) is 36.0 Å². The minimum atomic E-state index is -0.193. The first-order valence-corrected chi connectivity index (χ1v) is 10.9. The van der Waals surface area contributed by atoms with Crippen LogP contribution < -0.4 is 19.5 Å². The molecule has 33 heavy (non-hydrogen) atoms. The van der Waals surface area contributed by atoms with Gasteiger partial charge in [0.1, 0.15) is 6.61 Å². The van der Waals surface area contributed by atoms with E-state index in [1.807, 2.05) is 62.6 Å². The van der Waals surface area contributed by atoms with Crippen molar-refractivity contribution in [1.29, 1.82) is 0 Å². The number of carbonyl (C=O) groups excluding carboxylic acids is 1. The highest BCUT2D eigenvalue weighted by Crippen LogP contribution is 2.39. The summed E-state index contributed by atoms with van der Waals surface area (Å²) in [6.07, 6.45) is 0.840. The standard InChI is InChI=1S/C27H32N2O4/c1-29(2)23(15-20-11-7-5-8-12-20)18-28-27(30)22-16-24(31-3)26(25(17-22)32-4)33-19-21-13-9-6-10-14-21/h5-14,16-17,23H,15,18-19H2,1-4H3,(H,28,30). The van der Waals surface area contributed by atoms with Crippen LogP contribution in [0.25, 0.3) is 0 Å². The summed E-state index contributed by atoms with van der Waals surface area (Å²) in [6, 6.07) is 23.6. The van der Waals surface area contributed by atoms with Crippen molar-refractivity contribution in [2.24, 2.45) is 0 Å². The molecule has 0 heterocycles. The predicted octanol–water partition coefficient (Wildman–Crippen LogP) is 4.19. The van der Waals surface area contributed by atoms with E-state index < -0.39 is 0 Å². The van der Waals surface area contributed by atoms with E-state index in [-0.39, 0.29) is 11.9 Å². The molecular formula is C27H32N2O4. The summed E-state index contributed by atoms with van der Waals surface area (Å²) in [5, 5.41) is 3.05. The SMILES string of the molecule is COc1cc(C(=O)NCC(Cc2ccccc2)N(C)C)cc(OC)c1OCc1ccccc1. The van der Waals surface area contributed by atoms with Crippen molar-refractivity contribution in [2.75, 3.05) is 34.9 Å². The zero-order valence-corrected chi connectivity index (χ0v) is 19.7. The molecule has 174 valence electrons. The molecule has 6 nitrogen and oxygen atoms in total. The Bertz CT molecular complexity index is 998. The Balaban J connectivity index is 1.71. The first kappa shape index (κ1) is 24.1. The van der Waals surface area contributed by atoms with Crippen molar-refractivity contribution >= 4 is 5.91 Å². The molecule has 1 amide bonds. The van der Waals surface area contributed by atoms with Gasteiger partial charge in [0, 0.05) is 18.2 Å². The van der Waals surface area contributed by atoms with Crippen LogP contribution in [0.2, 0.25) is 0 Å². The second-order valence-corrected chi connectivity index (χ2v) is 8.00. The Kier molecular flexibility index (Phi) is 8.72. The summed E-state index contributed by atoms with van der Waals surface area (Å²) in [6.45, 7) is 0.876. The smallest absolute Gasteiger partial charge is 0.251 e. The number of nitrogens with one attached hydrogen (secondary N) is 1. The summed E-state index contributed by atoms with van der Waals surface area (Å²) in [5.74, 6) is 1.17. The van der Waals surface area contributed by atoms with Crippen molar-refractivity contribution in [3.63, 3.8) is 0 Å².